The van der Waals surface area contributed by atoms with Crippen LogP contribution in [0.15, 0.2) is 36.4 Å². The number of H-pyrrole nitrogens is 1. The van der Waals surface area contributed by atoms with E-state index in [4.69, 9.17) is 0 Å². The Morgan fingerprint density at radius 3 is 2.12 bits per heavy atom. The van der Waals surface area contributed by atoms with E-state index < -0.39 is 37.0 Å². The van der Waals surface area contributed by atoms with E-state index in [1.54, 1.807) is 12.1 Å². The zero-order chi connectivity index (χ0) is 24.2. The fourth-order valence-corrected chi connectivity index (χ4v) is 4.32. The smallest absolute Gasteiger partial charge is 0.150 e. The van der Waals surface area contributed by atoms with Crippen molar-refractivity contribution in [3.05, 3.63) is 59.4 Å². The molecule has 0 aliphatic heterocycles. The molecule has 0 unspecified atom stereocenters. The summed E-state index contributed by atoms with van der Waals surface area (Å²) in [6.45, 7) is 3.29. The summed E-state index contributed by atoms with van der Waals surface area (Å²) >= 11 is 0. The second-order valence-corrected chi connectivity index (χ2v) is 8.40. The summed E-state index contributed by atoms with van der Waals surface area (Å²) in [5, 5.41) is 31.9. The largest absolute Gasteiger partial charge is 0.394 e. The van der Waals surface area contributed by atoms with Crippen molar-refractivity contribution in [2.75, 3.05) is 26.4 Å². The molecule has 1 heterocycles. The average Bonchev–Trinajstić information content (AvgIpc) is 3.17. The predicted molar refractivity (Wildman–Crippen MR) is 122 cm³/mol. The van der Waals surface area contributed by atoms with Crippen LogP contribution in [0.25, 0.3) is 22.2 Å². The maximum Gasteiger partial charge on any atom is 0.150 e. The monoisotopic (exact) mass is 464 g/mol. The summed E-state index contributed by atoms with van der Waals surface area (Å²) in [4.78, 5) is 3.06. The number of aromatic nitrogens is 1. The summed E-state index contributed by atoms with van der Waals surface area (Å²) in [5.74, 6) is -1.48. The second-order valence-electron chi connectivity index (χ2n) is 8.40. The van der Waals surface area contributed by atoms with Gasteiger partial charge in [0, 0.05) is 11.5 Å². The highest BCUT2D eigenvalue weighted by Crippen LogP contribution is 2.48. The Hall–Kier alpha value is -2.39. The van der Waals surface area contributed by atoms with Crippen LogP contribution in [0.4, 0.5) is 13.2 Å². The summed E-state index contributed by atoms with van der Waals surface area (Å²) in [6.07, 6.45) is 1.45. The zero-order valence-electron chi connectivity index (χ0n) is 18.8. The Bertz CT molecular complexity index is 1050. The SMILES string of the molecule is CC.OCC(CO)(CO)NCC1CC(c2c(-c3ccc(F)cc3)[nH]c3c(F)cc(F)cc23)C1. The number of hydrogen-bond acceptors (Lipinski definition) is 4. The summed E-state index contributed by atoms with van der Waals surface area (Å²) in [7, 11) is 0. The Balaban J connectivity index is 0.00000149. The molecular weight excluding hydrogens is 433 g/mol. The third-order valence-electron chi connectivity index (χ3n) is 6.32. The minimum atomic E-state index is -1.14. The highest BCUT2D eigenvalue weighted by atomic mass is 19.1. The number of aromatic amines is 1. The van der Waals surface area contributed by atoms with E-state index in [1.807, 2.05) is 13.8 Å². The predicted octanol–water partition coefficient (Wildman–Crippen LogP) is 4.08. The number of aliphatic hydroxyl groups excluding tert-OH is 3. The maximum atomic E-state index is 14.4. The van der Waals surface area contributed by atoms with Crippen LogP contribution in [0.1, 0.15) is 38.2 Å². The van der Waals surface area contributed by atoms with Gasteiger partial charge in [0.2, 0.25) is 0 Å². The van der Waals surface area contributed by atoms with Crippen molar-refractivity contribution in [3.63, 3.8) is 0 Å². The molecule has 0 saturated heterocycles. The fourth-order valence-electron chi connectivity index (χ4n) is 4.32. The van der Waals surface area contributed by atoms with Gasteiger partial charge in [0.15, 0.2) is 0 Å². The highest BCUT2D eigenvalue weighted by molar-refractivity contribution is 5.92. The van der Waals surface area contributed by atoms with Gasteiger partial charge >= 0.3 is 0 Å². The van der Waals surface area contributed by atoms with Crippen LogP contribution in [0.2, 0.25) is 0 Å². The molecule has 1 saturated carbocycles. The second kappa shape index (κ2) is 10.7. The number of nitrogens with one attached hydrogen (secondary N) is 2. The molecular formula is C25H31F3N2O3. The van der Waals surface area contributed by atoms with Crippen LogP contribution in [0.5, 0.6) is 0 Å². The third-order valence-corrected chi connectivity index (χ3v) is 6.32. The molecule has 4 rings (SSSR count). The normalized spacial score (nSPS) is 18.1. The number of fused-ring (bicyclic) bond motifs is 1. The molecule has 0 radical (unpaired) electrons. The number of hydrogen-bond donors (Lipinski definition) is 5. The van der Waals surface area contributed by atoms with Crippen LogP contribution in [-0.2, 0) is 0 Å². The van der Waals surface area contributed by atoms with Crippen molar-refractivity contribution in [3.8, 4) is 11.3 Å². The first-order valence-corrected chi connectivity index (χ1v) is 11.2. The first kappa shape index (κ1) is 25.2. The van der Waals surface area contributed by atoms with Gasteiger partial charge in [-0.1, -0.05) is 13.8 Å². The molecule has 5 N–H and O–H groups in total. The summed E-state index contributed by atoms with van der Waals surface area (Å²) < 4.78 is 41.8. The van der Waals surface area contributed by atoms with E-state index in [1.165, 1.54) is 18.2 Å². The number of rotatable bonds is 8. The van der Waals surface area contributed by atoms with Gasteiger partial charge < -0.3 is 25.6 Å². The van der Waals surface area contributed by atoms with Crippen LogP contribution < -0.4 is 5.32 Å². The number of benzene rings is 2. The third kappa shape index (κ3) is 5.09. The Morgan fingerprint density at radius 1 is 0.939 bits per heavy atom. The van der Waals surface area contributed by atoms with E-state index in [0.29, 0.717) is 23.2 Å². The van der Waals surface area contributed by atoms with Crippen LogP contribution in [-0.4, -0.2) is 52.2 Å². The molecule has 1 aliphatic carbocycles. The van der Waals surface area contributed by atoms with Gasteiger partial charge in [0.1, 0.15) is 17.5 Å². The molecule has 5 nitrogen and oxygen atoms in total. The highest BCUT2D eigenvalue weighted by Gasteiger charge is 2.36. The van der Waals surface area contributed by atoms with Gasteiger partial charge in [-0.15, -0.1) is 0 Å². The molecule has 8 heteroatoms. The van der Waals surface area contributed by atoms with Crippen LogP contribution >= 0.6 is 0 Å². The van der Waals surface area contributed by atoms with Gasteiger partial charge in [-0.05, 0) is 72.7 Å². The molecule has 3 aromatic rings. The minimum absolute atomic E-state index is 0.0357. The van der Waals surface area contributed by atoms with Gasteiger partial charge in [0.05, 0.1) is 36.6 Å². The van der Waals surface area contributed by atoms with Crippen molar-refractivity contribution in [2.24, 2.45) is 5.92 Å². The van der Waals surface area contributed by atoms with Gasteiger partial charge in [-0.25, -0.2) is 13.2 Å². The quantitative estimate of drug-likeness (QED) is 0.348. The molecule has 0 amide bonds. The van der Waals surface area contributed by atoms with Crippen LogP contribution in [0.3, 0.4) is 0 Å². The van der Waals surface area contributed by atoms with Crippen molar-refractivity contribution in [1.29, 1.82) is 0 Å². The van der Waals surface area contributed by atoms with Gasteiger partial charge in [-0.3, -0.25) is 0 Å². The van der Waals surface area contributed by atoms with Crippen LogP contribution in [0, 0.1) is 23.4 Å². The lowest BCUT2D eigenvalue weighted by atomic mass is 9.70. The van der Waals surface area contributed by atoms with E-state index in [0.717, 1.165) is 24.5 Å². The number of aliphatic hydroxyl groups is 3. The fraction of sp³-hybridized carbons (Fsp3) is 0.440. The standard InChI is InChI=1S/C23H25F3N2O3.C2H6/c24-16-3-1-14(2-4-16)21-20(18-7-17(25)8-19(26)22(18)28-21)15-5-13(6-15)9-27-23(10-29,11-30)12-31;1-2/h1-4,7-8,13,15,27-31H,5-6,9-12H2;1-2H3. The van der Waals surface area contributed by atoms with E-state index in [9.17, 15) is 28.5 Å². The Labute approximate surface area is 191 Å². The van der Waals surface area contributed by atoms with Gasteiger partial charge in [0.25, 0.3) is 0 Å². The summed E-state index contributed by atoms with van der Waals surface area (Å²) in [5.41, 5.74) is 1.21. The molecule has 33 heavy (non-hydrogen) atoms. The molecule has 1 aromatic heterocycles. The van der Waals surface area contributed by atoms with Crippen molar-refractivity contribution in [2.45, 2.75) is 38.1 Å². The first-order chi connectivity index (χ1) is 15.9. The zero-order valence-corrected chi connectivity index (χ0v) is 18.8. The topological polar surface area (TPSA) is 88.5 Å². The summed E-state index contributed by atoms with van der Waals surface area (Å²) in [6, 6.07) is 8.02. The van der Waals surface area contributed by atoms with E-state index >= 15 is 0 Å². The molecule has 180 valence electrons. The molecule has 0 atom stereocenters. The molecule has 0 bridgehead atoms. The lowest BCUT2D eigenvalue weighted by Gasteiger charge is -2.39. The molecule has 1 fully saturated rings. The van der Waals surface area contributed by atoms with E-state index in [2.05, 4.69) is 10.3 Å². The van der Waals surface area contributed by atoms with E-state index in [-0.39, 0.29) is 23.2 Å². The lowest BCUT2D eigenvalue weighted by molar-refractivity contribution is 0.0359. The average molecular weight is 465 g/mol. The lowest BCUT2D eigenvalue weighted by Crippen LogP contribution is -2.56. The molecule has 0 spiro atoms. The van der Waals surface area contributed by atoms with Gasteiger partial charge in [-0.2, -0.15) is 0 Å². The maximum absolute atomic E-state index is 14.4. The van der Waals surface area contributed by atoms with Crippen molar-refractivity contribution < 1.29 is 28.5 Å². The Morgan fingerprint density at radius 2 is 1.55 bits per heavy atom. The molecule has 1 aliphatic rings. The Kier molecular flexibility index (Phi) is 8.18. The minimum Gasteiger partial charge on any atom is -0.394 e. The number of halogens is 3. The van der Waals surface area contributed by atoms with Crippen molar-refractivity contribution in [1.82, 2.24) is 10.3 Å². The first-order valence-electron chi connectivity index (χ1n) is 11.2. The molecule has 2 aromatic carbocycles. The van der Waals surface area contributed by atoms with Crippen molar-refractivity contribution >= 4 is 10.9 Å².